The van der Waals surface area contributed by atoms with Crippen molar-refractivity contribution in [3.8, 4) is 0 Å². The first-order valence-corrected chi connectivity index (χ1v) is 10.9. The first-order valence-electron chi connectivity index (χ1n) is 8.99. The van der Waals surface area contributed by atoms with Crippen LogP contribution in [0.15, 0.2) is 50.6 Å². The Labute approximate surface area is 163 Å². The summed E-state index contributed by atoms with van der Waals surface area (Å²) in [5.41, 5.74) is 5.30. The van der Waals surface area contributed by atoms with Gasteiger partial charge in [-0.3, -0.25) is 0 Å². The van der Waals surface area contributed by atoms with Crippen LogP contribution in [0.4, 0.5) is 17.1 Å². The second-order valence-electron chi connectivity index (χ2n) is 6.78. The smallest absolute Gasteiger partial charge is 0.0909 e. The van der Waals surface area contributed by atoms with Gasteiger partial charge < -0.3 is 9.80 Å². The van der Waals surface area contributed by atoms with Crippen molar-refractivity contribution in [2.45, 2.75) is 25.7 Å². The van der Waals surface area contributed by atoms with Crippen LogP contribution in [0.25, 0.3) is 0 Å². The number of benzene rings is 2. The summed E-state index contributed by atoms with van der Waals surface area (Å²) >= 11 is 0. The summed E-state index contributed by atoms with van der Waals surface area (Å²) in [6.07, 6.45) is 3.53. The molecule has 0 N–H and O–H groups in total. The molecule has 0 bridgehead atoms. The van der Waals surface area contributed by atoms with Crippen LogP contribution in [0.3, 0.4) is 0 Å². The van der Waals surface area contributed by atoms with Crippen molar-refractivity contribution >= 4 is 33.1 Å². The number of aryl methyl sites for hydroxylation is 2. The minimum Gasteiger partial charge on any atom is -0.366 e. The molecule has 0 heterocycles. The molecule has 0 fully saturated rings. The molecule has 0 radical (unpaired) electrons. The van der Waals surface area contributed by atoms with Crippen molar-refractivity contribution in [2.75, 3.05) is 38.8 Å². The first kappa shape index (κ1) is 21.0. The zero-order valence-corrected chi connectivity index (χ0v) is 18.2. The summed E-state index contributed by atoms with van der Waals surface area (Å²) in [7, 11) is 3.28. The van der Waals surface area contributed by atoms with E-state index in [1.54, 1.807) is 13.3 Å². The summed E-state index contributed by atoms with van der Waals surface area (Å²) in [4.78, 5) is 9.50. The Kier molecular flexibility index (Phi) is 6.65. The Bertz CT molecular complexity index is 959. The predicted octanol–water partition coefficient (Wildman–Crippen LogP) is 4.77. The minimum atomic E-state index is -2.35. The normalized spacial score (nSPS) is 13.4. The van der Waals surface area contributed by atoms with Crippen LogP contribution >= 0.6 is 0 Å². The molecule has 2 rings (SSSR count). The van der Waals surface area contributed by atoms with E-state index in [4.69, 9.17) is 0 Å². The molecule has 6 heteroatoms. The molecule has 1 unspecified atom stereocenters. The lowest BCUT2D eigenvalue weighted by atomic mass is 10.1. The van der Waals surface area contributed by atoms with Gasteiger partial charge in [-0.05, 0) is 62.2 Å². The van der Waals surface area contributed by atoms with Gasteiger partial charge >= 0.3 is 0 Å². The number of aliphatic imine (C=N–C) groups is 1. The highest BCUT2D eigenvalue weighted by Crippen LogP contribution is 2.33. The van der Waals surface area contributed by atoms with Crippen molar-refractivity contribution in [1.82, 2.24) is 4.90 Å². The van der Waals surface area contributed by atoms with Gasteiger partial charge in [-0.1, -0.05) is 6.07 Å². The molecule has 5 nitrogen and oxygen atoms in total. The van der Waals surface area contributed by atoms with Crippen molar-refractivity contribution in [1.29, 1.82) is 0 Å². The fourth-order valence-corrected chi connectivity index (χ4v) is 3.58. The average Bonchev–Trinajstić information content (AvgIpc) is 2.67. The van der Waals surface area contributed by atoms with Gasteiger partial charge in [-0.2, -0.15) is 0 Å². The minimum absolute atomic E-state index is 0.743. The first-order chi connectivity index (χ1) is 12.7. The fraction of sp³-hybridized carbons (Fsp3) is 0.381. The van der Waals surface area contributed by atoms with E-state index in [9.17, 15) is 4.21 Å². The Morgan fingerprint density at radius 3 is 2.44 bits per heavy atom. The lowest BCUT2D eigenvalue weighted by Gasteiger charge is -2.23. The zero-order chi connectivity index (χ0) is 20.2. The molecule has 0 saturated carbocycles. The number of hydrogen-bond donors (Lipinski definition) is 0. The van der Waals surface area contributed by atoms with Crippen molar-refractivity contribution < 1.29 is 4.21 Å². The number of anilines is 2. The van der Waals surface area contributed by atoms with Gasteiger partial charge in [-0.15, -0.1) is 0 Å². The van der Waals surface area contributed by atoms with Crippen LogP contribution in [0, 0.1) is 13.8 Å². The van der Waals surface area contributed by atoms with Crippen LogP contribution in [0.5, 0.6) is 0 Å². The maximum Gasteiger partial charge on any atom is 0.0909 e. The number of hydrogen-bond acceptors (Lipinski definition) is 4. The number of nitrogens with zero attached hydrogens (tertiary/aromatic N) is 4. The molecule has 0 saturated heterocycles. The molecule has 0 spiro atoms. The molecule has 2 aromatic carbocycles. The Hall–Kier alpha value is -2.34. The quantitative estimate of drug-likeness (QED) is 0.531. The van der Waals surface area contributed by atoms with E-state index in [0.717, 1.165) is 39.6 Å². The summed E-state index contributed by atoms with van der Waals surface area (Å²) in [5.74, 6) is 0. The SMILES string of the molecule is CCN(C)C=Nc1cc(C)c(N(C)c2cccc(S(C)(=O)=NC)c2)cc1C. The van der Waals surface area contributed by atoms with Gasteiger partial charge in [0.25, 0.3) is 0 Å². The Morgan fingerprint density at radius 1 is 1.11 bits per heavy atom. The molecule has 0 aliphatic rings. The highest BCUT2D eigenvalue weighted by molar-refractivity contribution is 7.93. The third kappa shape index (κ3) is 4.89. The Morgan fingerprint density at radius 2 is 1.81 bits per heavy atom. The summed E-state index contributed by atoms with van der Waals surface area (Å²) in [6, 6.07) is 12.0. The molecule has 2 aromatic rings. The second kappa shape index (κ2) is 8.57. The predicted molar refractivity (Wildman–Crippen MR) is 118 cm³/mol. The topological polar surface area (TPSA) is 48.3 Å². The summed E-state index contributed by atoms with van der Waals surface area (Å²) in [6.45, 7) is 7.17. The van der Waals surface area contributed by atoms with E-state index in [0.29, 0.717) is 0 Å². The van der Waals surface area contributed by atoms with Gasteiger partial charge in [0.15, 0.2) is 0 Å². The van der Waals surface area contributed by atoms with Crippen LogP contribution in [-0.2, 0) is 9.73 Å². The zero-order valence-electron chi connectivity index (χ0n) is 17.4. The van der Waals surface area contributed by atoms with Crippen LogP contribution in [0.1, 0.15) is 18.1 Å². The highest BCUT2D eigenvalue weighted by Gasteiger charge is 2.12. The van der Waals surface area contributed by atoms with Gasteiger partial charge in [0, 0.05) is 50.2 Å². The molecular formula is C21H30N4OS. The van der Waals surface area contributed by atoms with E-state index in [1.807, 2.05) is 49.6 Å². The number of rotatable bonds is 6. The largest absolute Gasteiger partial charge is 0.366 e. The van der Waals surface area contributed by atoms with E-state index in [1.165, 1.54) is 0 Å². The van der Waals surface area contributed by atoms with E-state index < -0.39 is 9.73 Å². The van der Waals surface area contributed by atoms with Crippen LogP contribution in [0.2, 0.25) is 0 Å². The molecular weight excluding hydrogens is 356 g/mol. The van der Waals surface area contributed by atoms with Crippen molar-refractivity contribution in [2.24, 2.45) is 9.36 Å². The lowest BCUT2D eigenvalue weighted by molar-refractivity contribution is 0.552. The lowest BCUT2D eigenvalue weighted by Crippen LogP contribution is -2.14. The average molecular weight is 387 g/mol. The van der Waals surface area contributed by atoms with Gasteiger partial charge in [-0.25, -0.2) is 13.6 Å². The summed E-state index contributed by atoms with van der Waals surface area (Å²) in [5, 5.41) is 0. The standard InChI is InChI=1S/C21H30N4OS/c1-8-24(5)15-23-20-12-17(3)21(13-16(20)2)25(6)18-10-9-11-19(14-18)27(7,26)22-4/h9-15H,8H2,1-7H3. The highest BCUT2D eigenvalue weighted by atomic mass is 32.2. The maximum absolute atomic E-state index is 12.6. The molecule has 1 atom stereocenters. The molecule has 27 heavy (non-hydrogen) atoms. The Balaban J connectivity index is 2.42. The third-order valence-corrected chi connectivity index (χ3v) is 6.58. The molecule has 0 amide bonds. The monoisotopic (exact) mass is 386 g/mol. The van der Waals surface area contributed by atoms with Crippen molar-refractivity contribution in [3.05, 3.63) is 47.5 Å². The summed E-state index contributed by atoms with van der Waals surface area (Å²) < 4.78 is 16.6. The van der Waals surface area contributed by atoms with Gasteiger partial charge in [0.1, 0.15) is 0 Å². The van der Waals surface area contributed by atoms with E-state index >= 15 is 0 Å². The second-order valence-corrected chi connectivity index (χ2v) is 9.23. The van der Waals surface area contributed by atoms with Gasteiger partial charge in [0.05, 0.1) is 21.8 Å². The molecule has 146 valence electrons. The molecule has 0 aliphatic carbocycles. The van der Waals surface area contributed by atoms with Crippen LogP contribution < -0.4 is 4.90 Å². The molecule has 0 aliphatic heterocycles. The molecule has 0 aromatic heterocycles. The fourth-order valence-electron chi connectivity index (χ4n) is 2.70. The van der Waals surface area contributed by atoms with E-state index in [-0.39, 0.29) is 0 Å². The third-order valence-electron chi connectivity index (χ3n) is 4.76. The van der Waals surface area contributed by atoms with Gasteiger partial charge in [0.2, 0.25) is 0 Å². The van der Waals surface area contributed by atoms with Crippen LogP contribution in [-0.4, -0.2) is 49.4 Å². The van der Waals surface area contributed by atoms with E-state index in [2.05, 4.69) is 47.2 Å². The van der Waals surface area contributed by atoms with Crippen molar-refractivity contribution in [3.63, 3.8) is 0 Å². The maximum atomic E-state index is 12.6.